The van der Waals surface area contributed by atoms with E-state index < -0.39 is 15.8 Å². The second kappa shape index (κ2) is 6.14. The molecule has 1 aromatic carbocycles. The van der Waals surface area contributed by atoms with E-state index in [4.69, 9.17) is 5.26 Å². The van der Waals surface area contributed by atoms with Crippen LogP contribution >= 0.6 is 0 Å². The SMILES string of the molecule is N#CCc1ccc(-c2ccc(S(=O)(=O)NCC3CC3)cc2F)[nH]1. The van der Waals surface area contributed by atoms with Gasteiger partial charge in [0.25, 0.3) is 0 Å². The summed E-state index contributed by atoms with van der Waals surface area (Å²) in [4.78, 5) is 2.87. The van der Waals surface area contributed by atoms with Crippen LogP contribution in [-0.4, -0.2) is 19.9 Å². The molecule has 0 bridgehead atoms. The van der Waals surface area contributed by atoms with Crippen molar-refractivity contribution in [3.8, 4) is 17.3 Å². The minimum Gasteiger partial charge on any atom is -0.357 e. The molecule has 2 aromatic rings. The Morgan fingerprint density at radius 3 is 2.74 bits per heavy atom. The number of halogens is 1. The Bertz CT molecular complexity index is 864. The highest BCUT2D eigenvalue weighted by Crippen LogP contribution is 2.29. The van der Waals surface area contributed by atoms with E-state index in [1.54, 1.807) is 12.1 Å². The normalized spacial score (nSPS) is 14.6. The Labute approximate surface area is 134 Å². The maximum atomic E-state index is 14.3. The average molecular weight is 333 g/mol. The van der Waals surface area contributed by atoms with Crippen LogP contribution in [0.3, 0.4) is 0 Å². The van der Waals surface area contributed by atoms with E-state index in [1.807, 2.05) is 6.07 Å². The first-order valence-electron chi connectivity index (χ1n) is 7.34. The van der Waals surface area contributed by atoms with Crippen LogP contribution < -0.4 is 4.72 Å². The second-order valence-electron chi connectivity index (χ2n) is 5.67. The minimum atomic E-state index is -3.68. The Balaban J connectivity index is 1.83. The Hall–Kier alpha value is -2.17. The largest absolute Gasteiger partial charge is 0.357 e. The summed E-state index contributed by atoms with van der Waals surface area (Å²) in [7, 11) is -3.68. The van der Waals surface area contributed by atoms with Gasteiger partial charge in [0.1, 0.15) is 5.82 Å². The van der Waals surface area contributed by atoms with Gasteiger partial charge in [-0.2, -0.15) is 5.26 Å². The van der Waals surface area contributed by atoms with Gasteiger partial charge in [-0.3, -0.25) is 0 Å². The molecule has 0 spiro atoms. The molecule has 2 N–H and O–H groups in total. The first-order chi connectivity index (χ1) is 11.0. The molecule has 0 aliphatic heterocycles. The van der Waals surface area contributed by atoms with Gasteiger partial charge in [-0.15, -0.1) is 0 Å². The monoisotopic (exact) mass is 333 g/mol. The fourth-order valence-electron chi connectivity index (χ4n) is 2.30. The molecule has 1 fully saturated rings. The fraction of sp³-hybridized carbons (Fsp3) is 0.312. The lowest BCUT2D eigenvalue weighted by Crippen LogP contribution is -2.25. The number of benzene rings is 1. The number of aromatic amines is 1. The van der Waals surface area contributed by atoms with E-state index >= 15 is 0 Å². The molecule has 1 saturated carbocycles. The molecule has 1 aliphatic carbocycles. The van der Waals surface area contributed by atoms with Crippen molar-refractivity contribution in [2.45, 2.75) is 24.2 Å². The lowest BCUT2D eigenvalue weighted by Gasteiger charge is -2.08. The first-order valence-corrected chi connectivity index (χ1v) is 8.82. The molecule has 0 unspecified atom stereocenters. The van der Waals surface area contributed by atoms with Crippen molar-refractivity contribution in [1.82, 2.24) is 9.71 Å². The van der Waals surface area contributed by atoms with Gasteiger partial charge < -0.3 is 4.98 Å². The fourth-order valence-corrected chi connectivity index (χ4v) is 3.43. The number of hydrogen-bond acceptors (Lipinski definition) is 3. The minimum absolute atomic E-state index is 0.0804. The standard InChI is InChI=1S/C16H16FN3O2S/c17-15-9-13(23(21,22)19-10-11-1-2-11)4-5-14(15)16-6-3-12(20-16)7-8-18/h3-6,9,11,19-20H,1-2,7,10H2. The highest BCUT2D eigenvalue weighted by molar-refractivity contribution is 7.89. The molecule has 1 aliphatic rings. The van der Waals surface area contributed by atoms with Crippen LogP contribution in [0.4, 0.5) is 4.39 Å². The Morgan fingerprint density at radius 2 is 2.09 bits per heavy atom. The van der Waals surface area contributed by atoms with Crippen molar-refractivity contribution < 1.29 is 12.8 Å². The second-order valence-corrected chi connectivity index (χ2v) is 7.44. The molecule has 1 heterocycles. The van der Waals surface area contributed by atoms with Crippen LogP contribution in [0.15, 0.2) is 35.2 Å². The maximum absolute atomic E-state index is 14.3. The molecule has 120 valence electrons. The highest BCUT2D eigenvalue weighted by atomic mass is 32.2. The van der Waals surface area contributed by atoms with Gasteiger partial charge in [-0.05, 0) is 49.1 Å². The summed E-state index contributed by atoms with van der Waals surface area (Å²) in [5.74, 6) is -0.212. The number of nitrogens with one attached hydrogen (secondary N) is 2. The van der Waals surface area contributed by atoms with E-state index in [-0.39, 0.29) is 16.9 Å². The highest BCUT2D eigenvalue weighted by Gasteiger charge is 2.24. The number of nitrogens with zero attached hydrogens (tertiary/aromatic N) is 1. The molecular formula is C16H16FN3O2S. The molecule has 0 radical (unpaired) electrons. The predicted octanol–water partition coefficient (Wildman–Crippen LogP) is 2.58. The lowest BCUT2D eigenvalue weighted by molar-refractivity contribution is 0.574. The van der Waals surface area contributed by atoms with Crippen molar-refractivity contribution >= 4 is 10.0 Å². The van der Waals surface area contributed by atoms with E-state index in [1.165, 1.54) is 12.1 Å². The predicted molar refractivity (Wildman–Crippen MR) is 83.4 cm³/mol. The summed E-state index contributed by atoms with van der Waals surface area (Å²) in [6.45, 7) is 0.403. The summed E-state index contributed by atoms with van der Waals surface area (Å²) in [5, 5.41) is 8.66. The van der Waals surface area contributed by atoms with Crippen molar-refractivity contribution in [2.24, 2.45) is 5.92 Å². The van der Waals surface area contributed by atoms with Crippen molar-refractivity contribution in [3.05, 3.63) is 41.8 Å². The van der Waals surface area contributed by atoms with Crippen molar-refractivity contribution in [1.29, 1.82) is 5.26 Å². The van der Waals surface area contributed by atoms with Gasteiger partial charge in [-0.1, -0.05) is 0 Å². The Kier molecular flexibility index (Phi) is 4.20. The Morgan fingerprint density at radius 1 is 1.30 bits per heavy atom. The van der Waals surface area contributed by atoms with Gasteiger partial charge in [0.15, 0.2) is 0 Å². The summed E-state index contributed by atoms with van der Waals surface area (Å²) >= 11 is 0. The summed E-state index contributed by atoms with van der Waals surface area (Å²) in [5.41, 5.74) is 1.47. The number of H-pyrrole nitrogens is 1. The third-order valence-electron chi connectivity index (χ3n) is 3.82. The molecule has 0 amide bonds. The van der Waals surface area contributed by atoms with Crippen LogP contribution in [0.25, 0.3) is 11.3 Å². The number of hydrogen-bond donors (Lipinski definition) is 2. The lowest BCUT2D eigenvalue weighted by atomic mass is 10.1. The molecule has 1 aromatic heterocycles. The topological polar surface area (TPSA) is 85.8 Å². The number of nitriles is 1. The van der Waals surface area contributed by atoms with E-state index in [9.17, 15) is 12.8 Å². The van der Waals surface area contributed by atoms with Crippen molar-refractivity contribution in [3.63, 3.8) is 0 Å². The number of aromatic nitrogens is 1. The zero-order valence-corrected chi connectivity index (χ0v) is 13.2. The zero-order valence-electron chi connectivity index (χ0n) is 12.3. The quantitative estimate of drug-likeness (QED) is 0.852. The molecule has 0 saturated heterocycles. The molecule has 0 atom stereocenters. The molecule has 7 heteroatoms. The smallest absolute Gasteiger partial charge is 0.240 e. The van der Waals surface area contributed by atoms with E-state index in [0.717, 1.165) is 18.9 Å². The van der Waals surface area contributed by atoms with Gasteiger partial charge in [0.05, 0.1) is 17.4 Å². The summed E-state index contributed by atoms with van der Waals surface area (Å²) in [6, 6.07) is 9.23. The third kappa shape index (κ3) is 3.60. The van der Waals surface area contributed by atoms with Crippen molar-refractivity contribution in [2.75, 3.05) is 6.54 Å². The summed E-state index contributed by atoms with van der Waals surface area (Å²) in [6.07, 6.45) is 2.28. The molecule has 3 rings (SSSR count). The van der Waals surface area contributed by atoms with Gasteiger partial charge >= 0.3 is 0 Å². The maximum Gasteiger partial charge on any atom is 0.240 e. The zero-order chi connectivity index (χ0) is 16.4. The van der Waals surface area contributed by atoms with Gasteiger partial charge in [0.2, 0.25) is 10.0 Å². The number of sulfonamides is 1. The van der Waals surface area contributed by atoms with E-state index in [0.29, 0.717) is 23.9 Å². The summed E-state index contributed by atoms with van der Waals surface area (Å²) < 4.78 is 41.1. The third-order valence-corrected chi connectivity index (χ3v) is 5.24. The van der Waals surface area contributed by atoms with Crippen LogP contribution in [-0.2, 0) is 16.4 Å². The molecule has 5 nitrogen and oxygen atoms in total. The average Bonchev–Trinajstić information content (AvgIpc) is 3.24. The number of rotatable bonds is 6. The first kappa shape index (κ1) is 15.7. The molecule has 23 heavy (non-hydrogen) atoms. The van der Waals surface area contributed by atoms with Gasteiger partial charge in [-0.25, -0.2) is 17.5 Å². The van der Waals surface area contributed by atoms with Crippen LogP contribution in [0, 0.1) is 23.1 Å². The van der Waals surface area contributed by atoms with E-state index in [2.05, 4.69) is 9.71 Å². The van der Waals surface area contributed by atoms with Gasteiger partial charge in [0, 0.05) is 23.5 Å². The van der Waals surface area contributed by atoms with Crippen LogP contribution in [0.1, 0.15) is 18.5 Å². The molecular weight excluding hydrogens is 317 g/mol. The van der Waals surface area contributed by atoms with Crippen LogP contribution in [0.5, 0.6) is 0 Å². The van der Waals surface area contributed by atoms with Crippen LogP contribution in [0.2, 0.25) is 0 Å².